The summed E-state index contributed by atoms with van der Waals surface area (Å²) in [4.78, 5) is 16.2. The molecule has 1 aliphatic rings. The van der Waals surface area contributed by atoms with Gasteiger partial charge in [0.25, 0.3) is 0 Å². The van der Waals surface area contributed by atoms with Crippen LogP contribution in [0.15, 0.2) is 35.3 Å². The molecule has 0 spiro atoms. The van der Waals surface area contributed by atoms with E-state index in [2.05, 4.69) is 10.3 Å². The van der Waals surface area contributed by atoms with Gasteiger partial charge in [0.05, 0.1) is 11.1 Å². The van der Waals surface area contributed by atoms with Crippen molar-refractivity contribution in [2.24, 2.45) is 4.99 Å². The van der Waals surface area contributed by atoms with Gasteiger partial charge >= 0.3 is 0 Å². The van der Waals surface area contributed by atoms with Gasteiger partial charge in [0.1, 0.15) is 6.04 Å². The fourth-order valence-corrected chi connectivity index (χ4v) is 2.66. The number of carbonyl (C=O) groups excluding carboxylic acids is 1. The predicted molar refractivity (Wildman–Crippen MR) is 73.9 cm³/mol. The Morgan fingerprint density at radius 3 is 2.94 bits per heavy atom. The van der Waals surface area contributed by atoms with Crippen LogP contribution in [0.1, 0.15) is 12.5 Å². The number of nitrogens with zero attached hydrogens (tertiary/aromatic N) is 1. The first kappa shape index (κ1) is 13.1. The summed E-state index contributed by atoms with van der Waals surface area (Å²) in [6, 6.07) is 9.50. The number of rotatable bonds is 4. The van der Waals surface area contributed by atoms with E-state index < -0.39 is 6.10 Å². The fraction of sp³-hybridized carbons (Fsp3) is 0.385. The van der Waals surface area contributed by atoms with Crippen molar-refractivity contribution < 1.29 is 9.90 Å². The van der Waals surface area contributed by atoms with Crippen LogP contribution in [0.5, 0.6) is 0 Å². The molecule has 1 aromatic rings. The summed E-state index contributed by atoms with van der Waals surface area (Å²) >= 11 is 1.59. The summed E-state index contributed by atoms with van der Waals surface area (Å²) in [5.41, 5.74) is 1.05. The van der Waals surface area contributed by atoms with E-state index in [-0.39, 0.29) is 18.5 Å². The van der Waals surface area contributed by atoms with Gasteiger partial charge < -0.3 is 10.4 Å². The largest absolute Gasteiger partial charge is 0.392 e. The molecule has 2 N–H and O–H groups in total. The number of carbonyl (C=O) groups is 1. The zero-order chi connectivity index (χ0) is 13.0. The SMILES string of the molecule is CC(O)CNC(=O)C1CSC(c2ccccc2)=N1. The van der Waals surface area contributed by atoms with Crippen molar-refractivity contribution in [1.29, 1.82) is 0 Å². The maximum absolute atomic E-state index is 11.8. The van der Waals surface area contributed by atoms with Gasteiger partial charge in [-0.25, -0.2) is 0 Å². The zero-order valence-electron chi connectivity index (χ0n) is 10.2. The van der Waals surface area contributed by atoms with Crippen molar-refractivity contribution in [1.82, 2.24) is 5.32 Å². The molecule has 4 nitrogen and oxygen atoms in total. The molecular weight excluding hydrogens is 248 g/mol. The van der Waals surface area contributed by atoms with Gasteiger partial charge in [0.2, 0.25) is 5.91 Å². The Morgan fingerprint density at radius 1 is 1.56 bits per heavy atom. The van der Waals surface area contributed by atoms with Crippen molar-refractivity contribution in [3.63, 3.8) is 0 Å². The molecule has 1 amide bonds. The minimum absolute atomic E-state index is 0.116. The Kier molecular flexibility index (Phi) is 4.38. The second-order valence-corrected chi connectivity index (χ2v) is 5.23. The molecule has 5 heteroatoms. The topological polar surface area (TPSA) is 61.7 Å². The van der Waals surface area contributed by atoms with Crippen molar-refractivity contribution >= 4 is 22.7 Å². The highest BCUT2D eigenvalue weighted by atomic mass is 32.2. The highest BCUT2D eigenvalue weighted by Crippen LogP contribution is 2.23. The molecule has 0 fully saturated rings. The van der Waals surface area contributed by atoms with Crippen molar-refractivity contribution in [2.45, 2.75) is 19.1 Å². The lowest BCUT2D eigenvalue weighted by atomic mass is 10.2. The highest BCUT2D eigenvalue weighted by Gasteiger charge is 2.25. The van der Waals surface area contributed by atoms with Crippen LogP contribution in [0, 0.1) is 0 Å². The molecule has 0 radical (unpaired) electrons. The van der Waals surface area contributed by atoms with Gasteiger partial charge in [-0.15, -0.1) is 11.8 Å². The van der Waals surface area contributed by atoms with Crippen LogP contribution < -0.4 is 5.32 Å². The number of nitrogens with one attached hydrogen (secondary N) is 1. The van der Waals surface area contributed by atoms with E-state index in [0.29, 0.717) is 5.75 Å². The molecule has 0 bridgehead atoms. The van der Waals surface area contributed by atoms with Crippen LogP contribution in [0.25, 0.3) is 0 Å². The van der Waals surface area contributed by atoms with E-state index in [1.54, 1.807) is 18.7 Å². The molecule has 96 valence electrons. The normalized spacial score (nSPS) is 20.3. The Morgan fingerprint density at radius 2 is 2.28 bits per heavy atom. The first-order valence-electron chi connectivity index (χ1n) is 5.88. The van der Waals surface area contributed by atoms with Crippen molar-refractivity contribution in [3.05, 3.63) is 35.9 Å². The van der Waals surface area contributed by atoms with Gasteiger partial charge in [-0.3, -0.25) is 9.79 Å². The van der Waals surface area contributed by atoms with E-state index >= 15 is 0 Å². The lowest BCUT2D eigenvalue weighted by Crippen LogP contribution is -2.37. The zero-order valence-corrected chi connectivity index (χ0v) is 11.0. The molecular formula is C13H16N2O2S. The van der Waals surface area contributed by atoms with Gasteiger partial charge in [-0.05, 0) is 6.92 Å². The fourth-order valence-electron chi connectivity index (χ4n) is 1.61. The summed E-state index contributed by atoms with van der Waals surface area (Å²) in [7, 11) is 0. The van der Waals surface area contributed by atoms with E-state index in [1.807, 2.05) is 30.3 Å². The van der Waals surface area contributed by atoms with Crippen LogP contribution in [-0.2, 0) is 4.79 Å². The molecule has 1 aromatic carbocycles. The Bertz CT molecular complexity index is 446. The van der Waals surface area contributed by atoms with Gasteiger partial charge in [-0.1, -0.05) is 30.3 Å². The van der Waals surface area contributed by atoms with Gasteiger partial charge in [0.15, 0.2) is 0 Å². The summed E-state index contributed by atoms with van der Waals surface area (Å²) < 4.78 is 0. The minimum atomic E-state index is -0.527. The summed E-state index contributed by atoms with van der Waals surface area (Å²) in [6.07, 6.45) is -0.527. The monoisotopic (exact) mass is 264 g/mol. The van der Waals surface area contributed by atoms with Crippen LogP contribution >= 0.6 is 11.8 Å². The van der Waals surface area contributed by atoms with Crippen molar-refractivity contribution in [2.75, 3.05) is 12.3 Å². The van der Waals surface area contributed by atoms with Crippen LogP contribution in [0.3, 0.4) is 0 Å². The van der Waals surface area contributed by atoms with E-state index in [0.717, 1.165) is 10.6 Å². The maximum atomic E-state index is 11.8. The number of amides is 1. The number of aliphatic hydroxyl groups excluding tert-OH is 1. The molecule has 0 aliphatic carbocycles. The molecule has 2 unspecified atom stereocenters. The Labute approximate surface area is 111 Å². The second-order valence-electron chi connectivity index (χ2n) is 4.22. The highest BCUT2D eigenvalue weighted by molar-refractivity contribution is 8.14. The molecule has 18 heavy (non-hydrogen) atoms. The maximum Gasteiger partial charge on any atom is 0.245 e. The summed E-state index contributed by atoms with van der Waals surface area (Å²) in [5, 5.41) is 12.7. The van der Waals surface area contributed by atoms with Crippen molar-refractivity contribution in [3.8, 4) is 0 Å². The molecule has 0 saturated heterocycles. The number of hydrogen-bond acceptors (Lipinski definition) is 4. The smallest absolute Gasteiger partial charge is 0.245 e. The number of thioether (sulfide) groups is 1. The number of benzene rings is 1. The molecule has 0 saturated carbocycles. The molecule has 2 rings (SSSR count). The van der Waals surface area contributed by atoms with Crippen LogP contribution in [0.2, 0.25) is 0 Å². The van der Waals surface area contributed by atoms with E-state index in [4.69, 9.17) is 5.11 Å². The third-order valence-corrected chi connectivity index (χ3v) is 3.64. The number of aliphatic hydroxyl groups is 1. The average Bonchev–Trinajstić information content (AvgIpc) is 2.86. The molecule has 0 aromatic heterocycles. The molecule has 1 heterocycles. The summed E-state index contributed by atoms with van der Waals surface area (Å²) in [5.74, 6) is 0.546. The van der Waals surface area contributed by atoms with E-state index in [9.17, 15) is 4.79 Å². The lowest BCUT2D eigenvalue weighted by Gasteiger charge is -2.09. The third kappa shape index (κ3) is 3.34. The lowest BCUT2D eigenvalue weighted by molar-refractivity contribution is -0.122. The van der Waals surface area contributed by atoms with Gasteiger partial charge in [-0.2, -0.15) is 0 Å². The van der Waals surface area contributed by atoms with E-state index in [1.165, 1.54) is 0 Å². The predicted octanol–water partition coefficient (Wildman–Crippen LogP) is 1.05. The molecule has 2 atom stereocenters. The number of hydrogen-bond donors (Lipinski definition) is 2. The Balaban J connectivity index is 1.98. The van der Waals surface area contributed by atoms with Crippen LogP contribution in [0.4, 0.5) is 0 Å². The second kappa shape index (κ2) is 6.02. The first-order valence-corrected chi connectivity index (χ1v) is 6.87. The average molecular weight is 264 g/mol. The minimum Gasteiger partial charge on any atom is -0.392 e. The Hall–Kier alpha value is -1.33. The standard InChI is InChI=1S/C13H16N2O2S/c1-9(16)7-14-12(17)11-8-18-13(15-11)10-5-3-2-4-6-10/h2-6,9,11,16H,7-8H2,1H3,(H,14,17). The quantitative estimate of drug-likeness (QED) is 0.854. The van der Waals surface area contributed by atoms with Crippen LogP contribution in [-0.4, -0.2) is 40.5 Å². The third-order valence-electron chi connectivity index (χ3n) is 2.55. The number of aliphatic imine (C=N–C) groups is 1. The first-order chi connectivity index (χ1) is 8.66. The molecule has 1 aliphatic heterocycles. The van der Waals surface area contributed by atoms with Gasteiger partial charge in [0, 0.05) is 17.9 Å². The summed E-state index contributed by atoms with van der Waals surface area (Å²) in [6.45, 7) is 1.92.